The zero-order chi connectivity index (χ0) is 9.36. The predicted octanol–water partition coefficient (Wildman–Crippen LogP) is 2.88. The number of hydrogen-bond donors (Lipinski definition) is 1. The van der Waals surface area contributed by atoms with E-state index in [1.165, 1.54) is 0 Å². The molecule has 0 amide bonds. The zero-order valence-electron chi connectivity index (χ0n) is 7.60. The zero-order valence-corrected chi connectivity index (χ0v) is 10.0. The molecule has 0 saturated heterocycles. The van der Waals surface area contributed by atoms with Gasteiger partial charge in [0.05, 0.1) is 0 Å². The molecule has 0 bridgehead atoms. The van der Waals surface area contributed by atoms with E-state index < -0.39 is 0 Å². The topological polar surface area (TPSA) is 20.2 Å². The van der Waals surface area contributed by atoms with E-state index in [0.29, 0.717) is 5.75 Å². The smallest absolute Gasteiger partial charge is 0.115 e. The molecule has 2 heteroatoms. The van der Waals surface area contributed by atoms with Crippen LogP contribution in [0.15, 0.2) is 60.7 Å². The Morgan fingerprint density at radius 2 is 1.29 bits per heavy atom. The molecule has 0 aliphatic rings. The summed E-state index contributed by atoms with van der Waals surface area (Å²) in [4.78, 5) is 0. The molecule has 2 aromatic carbocycles. The molecule has 1 N–H and O–H groups in total. The van der Waals surface area contributed by atoms with E-state index in [1.54, 1.807) is 24.3 Å². The average molecular weight is 323 g/mol. The van der Waals surface area contributed by atoms with Crippen LogP contribution in [0.3, 0.4) is 0 Å². The van der Waals surface area contributed by atoms with Gasteiger partial charge in [-0.25, -0.2) is 0 Å². The SMILES string of the molecule is Oc1ccccc1.[Eu].[c-]1ccccc1. The van der Waals surface area contributed by atoms with E-state index in [4.69, 9.17) is 5.11 Å². The average Bonchev–Trinajstić information content (AvgIpc) is 2.22. The first-order valence-electron chi connectivity index (χ1n) is 4.04. The molecule has 2 aromatic rings. The minimum absolute atomic E-state index is 0. The number of phenols is 1. The largest absolute Gasteiger partial charge is 0.508 e. The third-order valence-corrected chi connectivity index (χ3v) is 1.36. The molecule has 0 aliphatic heterocycles. The summed E-state index contributed by atoms with van der Waals surface area (Å²) in [6.07, 6.45) is 0. The molecule has 14 heavy (non-hydrogen) atoms. The van der Waals surface area contributed by atoms with E-state index in [2.05, 4.69) is 6.07 Å². The molecule has 0 saturated carbocycles. The van der Waals surface area contributed by atoms with Gasteiger partial charge in [-0.05, 0) is 12.1 Å². The monoisotopic (exact) mass is 324 g/mol. The van der Waals surface area contributed by atoms with Crippen LogP contribution in [0.4, 0.5) is 0 Å². The molecule has 0 spiro atoms. The summed E-state index contributed by atoms with van der Waals surface area (Å²) in [6, 6.07) is 21.2. The van der Waals surface area contributed by atoms with E-state index in [0.717, 1.165) is 0 Å². The first-order valence-corrected chi connectivity index (χ1v) is 4.04. The Balaban J connectivity index is 0.000000227. The third kappa shape index (κ3) is 7.25. The molecule has 0 heterocycles. The van der Waals surface area contributed by atoms with Crippen molar-refractivity contribution in [3.05, 3.63) is 66.7 Å². The molecular formula is C12H11EuO-. The summed E-state index contributed by atoms with van der Waals surface area (Å²) in [5.74, 6) is 0.322. The number of aromatic hydroxyl groups is 1. The van der Waals surface area contributed by atoms with Crippen molar-refractivity contribution in [1.82, 2.24) is 0 Å². The van der Waals surface area contributed by atoms with Crippen molar-refractivity contribution in [3.63, 3.8) is 0 Å². The molecule has 0 atom stereocenters. The molecule has 0 aliphatic carbocycles. The number of rotatable bonds is 0. The second-order valence-corrected chi connectivity index (χ2v) is 2.41. The van der Waals surface area contributed by atoms with Gasteiger partial charge in [0.2, 0.25) is 0 Å². The number of benzene rings is 2. The Morgan fingerprint density at radius 3 is 1.50 bits per heavy atom. The minimum atomic E-state index is 0. The standard InChI is InChI=1S/C6H6O.C6H5.Eu/c7-6-4-2-1-3-5-6;1-2-4-6-5-3-1;/h1-5,7H;1-5H;/q;-1;. The van der Waals surface area contributed by atoms with Crippen LogP contribution in [-0.4, -0.2) is 5.11 Å². The van der Waals surface area contributed by atoms with Gasteiger partial charge in [0.25, 0.3) is 0 Å². The Hall–Kier alpha value is -0.176. The van der Waals surface area contributed by atoms with Gasteiger partial charge in [0.15, 0.2) is 0 Å². The van der Waals surface area contributed by atoms with Gasteiger partial charge >= 0.3 is 0 Å². The first kappa shape index (κ1) is 13.8. The van der Waals surface area contributed by atoms with Gasteiger partial charge in [-0.3, -0.25) is 0 Å². The Bertz CT molecular complexity index is 281. The summed E-state index contributed by atoms with van der Waals surface area (Å²) in [5, 5.41) is 8.63. The van der Waals surface area contributed by atoms with Gasteiger partial charge in [0, 0.05) is 49.4 Å². The van der Waals surface area contributed by atoms with Gasteiger partial charge in [-0.1, -0.05) is 18.2 Å². The molecule has 1 nitrogen and oxygen atoms in total. The van der Waals surface area contributed by atoms with Crippen LogP contribution in [0.1, 0.15) is 0 Å². The van der Waals surface area contributed by atoms with Crippen LogP contribution < -0.4 is 0 Å². The van der Waals surface area contributed by atoms with Crippen LogP contribution in [0.2, 0.25) is 0 Å². The van der Waals surface area contributed by atoms with Crippen LogP contribution in [0, 0.1) is 55.4 Å². The molecule has 2 rings (SSSR count). The van der Waals surface area contributed by atoms with Crippen LogP contribution in [-0.2, 0) is 0 Å². The van der Waals surface area contributed by atoms with E-state index in [1.807, 2.05) is 36.4 Å². The first-order chi connectivity index (χ1) is 6.39. The van der Waals surface area contributed by atoms with Crippen molar-refractivity contribution in [1.29, 1.82) is 0 Å². The van der Waals surface area contributed by atoms with Crippen molar-refractivity contribution < 1.29 is 54.5 Å². The summed E-state index contributed by atoms with van der Waals surface area (Å²) in [7, 11) is 0. The van der Waals surface area contributed by atoms with Crippen LogP contribution >= 0.6 is 0 Å². The maximum absolute atomic E-state index is 8.63. The molecule has 0 aromatic heterocycles. The maximum atomic E-state index is 8.63. The van der Waals surface area contributed by atoms with Crippen LogP contribution in [0.25, 0.3) is 0 Å². The summed E-state index contributed by atoms with van der Waals surface area (Å²) in [6.45, 7) is 0. The molecule has 0 unspecified atom stereocenters. The Kier molecular flexibility index (Phi) is 9.26. The second kappa shape index (κ2) is 9.38. The quantitative estimate of drug-likeness (QED) is 0.739. The normalized spacial score (nSPS) is 7.71. The third-order valence-electron chi connectivity index (χ3n) is 1.36. The molecule has 73 valence electrons. The van der Waals surface area contributed by atoms with E-state index >= 15 is 0 Å². The van der Waals surface area contributed by atoms with Gasteiger partial charge in [-0.2, -0.15) is 36.4 Å². The molecule has 1 radical (unpaired) electrons. The van der Waals surface area contributed by atoms with Gasteiger partial charge in [-0.15, -0.1) is 0 Å². The fourth-order valence-corrected chi connectivity index (χ4v) is 0.770. The molecule has 0 fully saturated rings. The van der Waals surface area contributed by atoms with E-state index in [9.17, 15) is 0 Å². The Morgan fingerprint density at radius 1 is 0.786 bits per heavy atom. The summed E-state index contributed by atoms with van der Waals surface area (Å²) in [5.41, 5.74) is 0. The van der Waals surface area contributed by atoms with Gasteiger partial charge in [0.1, 0.15) is 5.75 Å². The molecular weight excluding hydrogens is 312 g/mol. The van der Waals surface area contributed by atoms with E-state index in [-0.39, 0.29) is 49.4 Å². The van der Waals surface area contributed by atoms with Crippen molar-refractivity contribution in [2.45, 2.75) is 0 Å². The van der Waals surface area contributed by atoms with Crippen molar-refractivity contribution in [2.24, 2.45) is 0 Å². The summed E-state index contributed by atoms with van der Waals surface area (Å²) < 4.78 is 0. The number of phenolic OH excluding ortho intramolecular Hbond substituents is 1. The summed E-state index contributed by atoms with van der Waals surface area (Å²) >= 11 is 0. The fraction of sp³-hybridized carbons (Fsp3) is 0. The Labute approximate surface area is 125 Å². The van der Waals surface area contributed by atoms with Crippen molar-refractivity contribution in [3.8, 4) is 5.75 Å². The van der Waals surface area contributed by atoms with Crippen LogP contribution in [0.5, 0.6) is 5.75 Å². The predicted molar refractivity (Wildman–Crippen MR) is 53.4 cm³/mol. The minimum Gasteiger partial charge on any atom is -0.508 e. The second-order valence-electron chi connectivity index (χ2n) is 2.41. The van der Waals surface area contributed by atoms with Crippen molar-refractivity contribution >= 4 is 0 Å². The number of hydrogen-bond acceptors (Lipinski definition) is 1. The van der Waals surface area contributed by atoms with Crippen molar-refractivity contribution in [2.75, 3.05) is 0 Å². The maximum Gasteiger partial charge on any atom is 0.115 e. The van der Waals surface area contributed by atoms with Gasteiger partial charge < -0.3 is 5.11 Å². The number of para-hydroxylation sites is 1. The fourth-order valence-electron chi connectivity index (χ4n) is 0.770.